The molecule has 0 aliphatic carbocycles. The third kappa shape index (κ3) is 4.42. The Hall–Kier alpha value is -1.13. The largest absolute Gasteiger partial charge is 0.381 e. The van der Waals surface area contributed by atoms with Crippen LogP contribution < -0.4 is 10.2 Å². The van der Waals surface area contributed by atoms with E-state index >= 15 is 0 Å². The van der Waals surface area contributed by atoms with E-state index in [0.29, 0.717) is 5.92 Å². The molecule has 1 aliphatic rings. The fourth-order valence-corrected chi connectivity index (χ4v) is 3.07. The topological polar surface area (TPSA) is 24.5 Å². The predicted molar refractivity (Wildman–Crippen MR) is 85.3 cm³/mol. The van der Waals surface area contributed by atoms with E-state index in [1.54, 1.807) is 12.1 Å². The number of benzene rings is 1. The zero-order valence-corrected chi connectivity index (χ0v) is 13.4. The molecule has 3 nitrogen and oxygen atoms in total. The van der Waals surface area contributed by atoms with Gasteiger partial charge in [-0.3, -0.25) is 0 Å². The first-order valence-corrected chi connectivity index (χ1v) is 7.93. The fraction of sp³-hybridized carbons (Fsp3) is 0.647. The van der Waals surface area contributed by atoms with Crippen LogP contribution in [0.1, 0.15) is 38.3 Å². The molecule has 2 atom stereocenters. The molecule has 4 heteroatoms. The number of hydrogen-bond donors (Lipinski definition) is 1. The molecule has 0 bridgehead atoms. The lowest BCUT2D eigenvalue weighted by Crippen LogP contribution is -2.32. The second-order valence-electron chi connectivity index (χ2n) is 5.95. The summed E-state index contributed by atoms with van der Waals surface area (Å²) in [6, 6.07) is 5.23. The first-order valence-electron chi connectivity index (χ1n) is 7.93. The van der Waals surface area contributed by atoms with Crippen molar-refractivity contribution in [1.29, 1.82) is 0 Å². The van der Waals surface area contributed by atoms with Crippen molar-refractivity contribution < 1.29 is 9.13 Å². The molecule has 1 fully saturated rings. The van der Waals surface area contributed by atoms with Crippen molar-refractivity contribution in [3.8, 4) is 0 Å². The number of halogens is 1. The Morgan fingerprint density at radius 1 is 1.48 bits per heavy atom. The van der Waals surface area contributed by atoms with Crippen LogP contribution in [0.4, 0.5) is 10.1 Å². The van der Waals surface area contributed by atoms with Crippen LogP contribution in [0.3, 0.4) is 0 Å². The molecule has 0 aromatic heterocycles. The van der Waals surface area contributed by atoms with Gasteiger partial charge in [-0.25, -0.2) is 4.39 Å². The molecule has 0 saturated carbocycles. The third-order valence-electron chi connectivity index (χ3n) is 4.16. The van der Waals surface area contributed by atoms with Gasteiger partial charge in [0.2, 0.25) is 0 Å². The number of ether oxygens (including phenoxy) is 1. The Morgan fingerprint density at radius 3 is 2.95 bits per heavy atom. The molecule has 1 N–H and O–H groups in total. The molecule has 1 aromatic carbocycles. The van der Waals surface area contributed by atoms with Gasteiger partial charge in [-0.1, -0.05) is 6.92 Å². The summed E-state index contributed by atoms with van der Waals surface area (Å²) < 4.78 is 19.2. The van der Waals surface area contributed by atoms with E-state index in [4.69, 9.17) is 4.74 Å². The van der Waals surface area contributed by atoms with Crippen molar-refractivity contribution in [1.82, 2.24) is 5.32 Å². The Balaban J connectivity index is 2.12. The minimum absolute atomic E-state index is 0.144. The van der Waals surface area contributed by atoms with Gasteiger partial charge >= 0.3 is 0 Å². The number of nitrogens with zero attached hydrogens (tertiary/aromatic N) is 1. The highest BCUT2D eigenvalue weighted by molar-refractivity contribution is 5.54. The molecular weight excluding hydrogens is 267 g/mol. The molecule has 21 heavy (non-hydrogen) atoms. The summed E-state index contributed by atoms with van der Waals surface area (Å²) >= 11 is 0. The average molecular weight is 294 g/mol. The zero-order valence-electron chi connectivity index (χ0n) is 13.4. The summed E-state index contributed by atoms with van der Waals surface area (Å²) in [5.74, 6) is 0.393. The van der Waals surface area contributed by atoms with Gasteiger partial charge in [-0.2, -0.15) is 0 Å². The van der Waals surface area contributed by atoms with Crippen LogP contribution in [0.5, 0.6) is 0 Å². The predicted octanol–water partition coefficient (Wildman–Crippen LogP) is 3.36. The lowest BCUT2D eigenvalue weighted by Gasteiger charge is -2.31. The Kier molecular flexibility index (Phi) is 6.00. The Morgan fingerprint density at radius 2 is 2.29 bits per heavy atom. The quantitative estimate of drug-likeness (QED) is 0.870. The lowest BCUT2D eigenvalue weighted by molar-refractivity contribution is 0.0576. The molecule has 0 amide bonds. The maximum Gasteiger partial charge on any atom is 0.123 e. The highest BCUT2D eigenvalue weighted by atomic mass is 19.1. The van der Waals surface area contributed by atoms with Gasteiger partial charge in [-0.05, 0) is 56.0 Å². The Bertz CT molecular complexity index is 446. The minimum Gasteiger partial charge on any atom is -0.381 e. The summed E-state index contributed by atoms with van der Waals surface area (Å²) in [5, 5.41) is 3.37. The highest BCUT2D eigenvalue weighted by Crippen LogP contribution is 2.28. The van der Waals surface area contributed by atoms with Gasteiger partial charge in [0, 0.05) is 31.9 Å². The number of anilines is 1. The van der Waals surface area contributed by atoms with Crippen LogP contribution >= 0.6 is 0 Å². The summed E-state index contributed by atoms with van der Waals surface area (Å²) in [5.41, 5.74) is 2.13. The number of rotatable bonds is 6. The van der Waals surface area contributed by atoms with Crippen molar-refractivity contribution in [2.75, 3.05) is 38.3 Å². The SMILES string of the molecule is CCNC(C)c1cc(F)ccc1N(C)CC1CCCOC1. The molecule has 2 unspecified atom stereocenters. The standard InChI is InChI=1S/C17H27FN2O/c1-4-19-13(2)16-10-15(18)7-8-17(16)20(3)11-14-6-5-9-21-12-14/h7-8,10,13-14,19H,4-6,9,11-12H2,1-3H3. The second kappa shape index (κ2) is 7.76. The molecule has 1 aromatic rings. The zero-order chi connectivity index (χ0) is 15.2. The molecule has 0 radical (unpaired) electrons. The van der Waals surface area contributed by atoms with Crippen molar-refractivity contribution in [3.05, 3.63) is 29.6 Å². The van der Waals surface area contributed by atoms with Crippen LogP contribution in [-0.4, -0.2) is 33.4 Å². The maximum atomic E-state index is 13.6. The summed E-state index contributed by atoms with van der Waals surface area (Å²) in [4.78, 5) is 2.24. The van der Waals surface area contributed by atoms with Gasteiger partial charge in [0.25, 0.3) is 0 Å². The summed E-state index contributed by atoms with van der Waals surface area (Å²) in [6.07, 6.45) is 2.35. The average Bonchev–Trinajstić information content (AvgIpc) is 2.48. The number of nitrogens with one attached hydrogen (secondary N) is 1. The van der Waals surface area contributed by atoms with E-state index in [0.717, 1.165) is 44.0 Å². The molecular formula is C17H27FN2O. The molecule has 2 rings (SSSR count). The van der Waals surface area contributed by atoms with Gasteiger partial charge in [0.15, 0.2) is 0 Å². The molecule has 0 spiro atoms. The van der Waals surface area contributed by atoms with Crippen molar-refractivity contribution in [2.45, 2.75) is 32.7 Å². The van der Waals surface area contributed by atoms with E-state index in [1.165, 1.54) is 6.42 Å². The van der Waals surface area contributed by atoms with E-state index in [9.17, 15) is 4.39 Å². The third-order valence-corrected chi connectivity index (χ3v) is 4.16. The highest BCUT2D eigenvalue weighted by Gasteiger charge is 2.19. The van der Waals surface area contributed by atoms with Crippen LogP contribution in [0.25, 0.3) is 0 Å². The molecule has 118 valence electrons. The first-order chi connectivity index (χ1) is 10.1. The van der Waals surface area contributed by atoms with E-state index in [-0.39, 0.29) is 11.9 Å². The van der Waals surface area contributed by atoms with Gasteiger partial charge in [0.05, 0.1) is 6.61 Å². The van der Waals surface area contributed by atoms with Crippen LogP contribution in [0, 0.1) is 11.7 Å². The van der Waals surface area contributed by atoms with E-state index < -0.39 is 0 Å². The first kappa shape index (κ1) is 16.2. The van der Waals surface area contributed by atoms with Crippen LogP contribution in [0.2, 0.25) is 0 Å². The molecule has 1 heterocycles. The molecule has 1 aliphatic heterocycles. The summed E-state index contributed by atoms with van der Waals surface area (Å²) in [7, 11) is 2.09. The van der Waals surface area contributed by atoms with Crippen LogP contribution in [0.15, 0.2) is 18.2 Å². The maximum absolute atomic E-state index is 13.6. The van der Waals surface area contributed by atoms with E-state index in [1.807, 2.05) is 6.07 Å². The monoisotopic (exact) mass is 294 g/mol. The second-order valence-corrected chi connectivity index (χ2v) is 5.95. The normalized spacial score (nSPS) is 20.3. The van der Waals surface area contributed by atoms with Gasteiger partial charge < -0.3 is 15.0 Å². The van der Waals surface area contributed by atoms with Crippen molar-refractivity contribution >= 4 is 5.69 Å². The summed E-state index contributed by atoms with van der Waals surface area (Å²) in [6.45, 7) is 7.70. The smallest absolute Gasteiger partial charge is 0.123 e. The fourth-order valence-electron chi connectivity index (χ4n) is 3.07. The van der Waals surface area contributed by atoms with Crippen molar-refractivity contribution in [2.24, 2.45) is 5.92 Å². The Labute approximate surface area is 127 Å². The lowest BCUT2D eigenvalue weighted by atomic mass is 10.00. The molecule has 1 saturated heterocycles. The van der Waals surface area contributed by atoms with E-state index in [2.05, 4.69) is 31.1 Å². The van der Waals surface area contributed by atoms with Crippen LogP contribution in [-0.2, 0) is 4.74 Å². The number of hydrogen-bond acceptors (Lipinski definition) is 3. The van der Waals surface area contributed by atoms with Gasteiger partial charge in [-0.15, -0.1) is 0 Å². The minimum atomic E-state index is -0.173. The van der Waals surface area contributed by atoms with Crippen molar-refractivity contribution in [3.63, 3.8) is 0 Å². The van der Waals surface area contributed by atoms with Gasteiger partial charge in [0.1, 0.15) is 5.82 Å².